The molecule has 1 amide bonds. The van der Waals surface area contributed by atoms with Gasteiger partial charge in [-0.2, -0.15) is 0 Å². The molecule has 0 spiro atoms. The first-order valence-electron chi connectivity index (χ1n) is 6.50. The Morgan fingerprint density at radius 3 is 2.56 bits per heavy atom. The van der Waals surface area contributed by atoms with Crippen molar-refractivity contribution in [1.82, 2.24) is 10.6 Å². The minimum absolute atomic E-state index is 0.103. The third-order valence-electron chi connectivity index (χ3n) is 4.21. The number of primary amides is 1. The van der Waals surface area contributed by atoms with Gasteiger partial charge in [-0.05, 0) is 45.3 Å². The van der Waals surface area contributed by atoms with Crippen LogP contribution in [0, 0.1) is 5.41 Å². The number of hydrogen-bond acceptors (Lipinski definition) is 3. The van der Waals surface area contributed by atoms with Gasteiger partial charge in [0, 0.05) is 6.04 Å². The average Bonchev–Trinajstić information content (AvgIpc) is 2.58. The van der Waals surface area contributed by atoms with Crippen molar-refractivity contribution in [3.8, 4) is 0 Å². The molecule has 92 valence electrons. The Morgan fingerprint density at radius 2 is 1.88 bits per heavy atom. The summed E-state index contributed by atoms with van der Waals surface area (Å²) < 4.78 is 0. The van der Waals surface area contributed by atoms with E-state index in [4.69, 9.17) is 5.73 Å². The minimum atomic E-state index is -0.296. The lowest BCUT2D eigenvalue weighted by atomic mass is 9.70. The fourth-order valence-corrected chi connectivity index (χ4v) is 3.14. The maximum absolute atomic E-state index is 11.8. The van der Waals surface area contributed by atoms with E-state index in [1.807, 2.05) is 0 Å². The molecule has 0 bridgehead atoms. The van der Waals surface area contributed by atoms with Crippen LogP contribution >= 0.6 is 0 Å². The monoisotopic (exact) mass is 225 g/mol. The van der Waals surface area contributed by atoms with Crippen LogP contribution < -0.4 is 16.4 Å². The molecule has 2 aliphatic heterocycles. The highest BCUT2D eigenvalue weighted by Gasteiger charge is 2.44. The van der Waals surface area contributed by atoms with Gasteiger partial charge in [0.1, 0.15) is 0 Å². The number of piperidine rings is 1. The Morgan fingerprint density at radius 1 is 1.12 bits per heavy atom. The van der Waals surface area contributed by atoms with Crippen LogP contribution in [0.5, 0.6) is 0 Å². The molecule has 4 nitrogen and oxygen atoms in total. The van der Waals surface area contributed by atoms with Gasteiger partial charge in [-0.1, -0.05) is 12.8 Å². The molecule has 2 aliphatic rings. The maximum Gasteiger partial charge on any atom is 0.225 e. The number of nitrogens with two attached hydrogens (primary N) is 1. The zero-order chi connectivity index (χ0) is 11.4. The normalized spacial score (nSPS) is 30.6. The summed E-state index contributed by atoms with van der Waals surface area (Å²) in [6.45, 7) is 2.87. The largest absolute Gasteiger partial charge is 0.369 e. The topological polar surface area (TPSA) is 67.2 Å². The molecule has 0 aromatic rings. The van der Waals surface area contributed by atoms with Crippen LogP contribution in [0.15, 0.2) is 0 Å². The second-order valence-corrected chi connectivity index (χ2v) is 5.13. The van der Waals surface area contributed by atoms with E-state index < -0.39 is 0 Å². The van der Waals surface area contributed by atoms with Crippen molar-refractivity contribution < 1.29 is 4.79 Å². The third-order valence-corrected chi connectivity index (χ3v) is 4.21. The molecule has 0 radical (unpaired) electrons. The summed E-state index contributed by atoms with van der Waals surface area (Å²) in [6, 6.07) is 0.301. The van der Waals surface area contributed by atoms with Crippen LogP contribution in [-0.4, -0.2) is 31.6 Å². The van der Waals surface area contributed by atoms with Crippen LogP contribution in [0.2, 0.25) is 0 Å². The van der Waals surface area contributed by atoms with E-state index in [2.05, 4.69) is 10.6 Å². The van der Waals surface area contributed by atoms with Gasteiger partial charge in [-0.15, -0.1) is 0 Å². The van der Waals surface area contributed by atoms with Crippen LogP contribution in [0.25, 0.3) is 0 Å². The number of amides is 1. The van der Waals surface area contributed by atoms with E-state index in [0.717, 1.165) is 38.9 Å². The van der Waals surface area contributed by atoms with E-state index in [1.165, 1.54) is 19.3 Å². The quantitative estimate of drug-likeness (QED) is 0.636. The molecule has 2 heterocycles. The number of carbonyl (C=O) groups is 1. The molecule has 0 aliphatic carbocycles. The van der Waals surface area contributed by atoms with Crippen LogP contribution in [0.1, 0.15) is 38.5 Å². The first kappa shape index (κ1) is 11.9. The summed E-state index contributed by atoms with van der Waals surface area (Å²) in [5, 5.41) is 6.86. The third kappa shape index (κ3) is 2.23. The molecule has 4 heteroatoms. The zero-order valence-corrected chi connectivity index (χ0v) is 9.93. The fraction of sp³-hybridized carbons (Fsp3) is 0.917. The van der Waals surface area contributed by atoms with Crippen LogP contribution in [-0.2, 0) is 4.79 Å². The van der Waals surface area contributed by atoms with Gasteiger partial charge in [0.25, 0.3) is 0 Å². The van der Waals surface area contributed by atoms with E-state index in [9.17, 15) is 4.79 Å². The van der Waals surface area contributed by atoms with E-state index in [-0.39, 0.29) is 11.3 Å². The highest BCUT2D eigenvalue weighted by atomic mass is 16.1. The van der Waals surface area contributed by atoms with Crippen molar-refractivity contribution in [2.75, 3.05) is 19.6 Å². The van der Waals surface area contributed by atoms with Crippen molar-refractivity contribution in [3.63, 3.8) is 0 Å². The summed E-state index contributed by atoms with van der Waals surface area (Å²) in [5.74, 6) is -0.103. The molecule has 4 N–H and O–H groups in total. The maximum atomic E-state index is 11.8. The minimum Gasteiger partial charge on any atom is -0.369 e. The van der Waals surface area contributed by atoms with Gasteiger partial charge < -0.3 is 16.4 Å². The number of hydrogen-bond donors (Lipinski definition) is 3. The first-order chi connectivity index (χ1) is 7.76. The Hall–Kier alpha value is -0.610. The van der Waals surface area contributed by atoms with Gasteiger partial charge in [-0.25, -0.2) is 0 Å². The SMILES string of the molecule is NC(=O)C1(C2CCCCCN2)CCNCC1. The summed E-state index contributed by atoms with van der Waals surface area (Å²) in [5.41, 5.74) is 5.38. The van der Waals surface area contributed by atoms with Crippen molar-refractivity contribution in [1.29, 1.82) is 0 Å². The summed E-state index contributed by atoms with van der Waals surface area (Å²) in [4.78, 5) is 11.8. The molecular weight excluding hydrogens is 202 g/mol. The smallest absolute Gasteiger partial charge is 0.225 e. The fourth-order valence-electron chi connectivity index (χ4n) is 3.14. The zero-order valence-electron chi connectivity index (χ0n) is 9.93. The molecule has 16 heavy (non-hydrogen) atoms. The van der Waals surface area contributed by atoms with Gasteiger partial charge in [0.05, 0.1) is 5.41 Å². The molecule has 0 aromatic carbocycles. The van der Waals surface area contributed by atoms with Crippen molar-refractivity contribution in [2.24, 2.45) is 11.1 Å². The van der Waals surface area contributed by atoms with Gasteiger partial charge in [0.2, 0.25) is 5.91 Å². The van der Waals surface area contributed by atoms with E-state index >= 15 is 0 Å². The highest BCUT2D eigenvalue weighted by molar-refractivity contribution is 5.82. The standard InChI is InChI=1S/C12H23N3O/c13-11(16)12(5-8-14-9-6-12)10-4-2-1-3-7-15-10/h10,14-15H,1-9H2,(H2,13,16). The molecular formula is C12H23N3O. The predicted octanol–water partition coefficient (Wildman–Crippen LogP) is 0.374. The Labute approximate surface area is 97.3 Å². The predicted molar refractivity (Wildman–Crippen MR) is 64.0 cm³/mol. The van der Waals surface area contributed by atoms with E-state index in [0.29, 0.717) is 6.04 Å². The van der Waals surface area contributed by atoms with Crippen LogP contribution in [0.3, 0.4) is 0 Å². The molecule has 0 saturated carbocycles. The molecule has 2 fully saturated rings. The Balaban J connectivity index is 2.12. The lowest BCUT2D eigenvalue weighted by molar-refractivity contribution is -0.131. The van der Waals surface area contributed by atoms with Crippen molar-refractivity contribution in [2.45, 2.75) is 44.6 Å². The number of rotatable bonds is 2. The van der Waals surface area contributed by atoms with Gasteiger partial charge in [0.15, 0.2) is 0 Å². The lowest BCUT2D eigenvalue weighted by Gasteiger charge is -2.41. The lowest BCUT2D eigenvalue weighted by Crippen LogP contribution is -2.57. The second-order valence-electron chi connectivity index (χ2n) is 5.13. The molecule has 2 rings (SSSR count). The van der Waals surface area contributed by atoms with E-state index in [1.54, 1.807) is 0 Å². The summed E-state index contributed by atoms with van der Waals surface area (Å²) in [7, 11) is 0. The van der Waals surface area contributed by atoms with Crippen LogP contribution in [0.4, 0.5) is 0 Å². The Bertz CT molecular complexity index is 241. The Kier molecular flexibility index (Phi) is 3.82. The number of carbonyl (C=O) groups excluding carboxylic acids is 1. The molecule has 1 unspecified atom stereocenters. The van der Waals surface area contributed by atoms with Crippen molar-refractivity contribution in [3.05, 3.63) is 0 Å². The summed E-state index contributed by atoms with van der Waals surface area (Å²) >= 11 is 0. The number of nitrogens with one attached hydrogen (secondary N) is 2. The average molecular weight is 225 g/mol. The summed E-state index contributed by atoms with van der Waals surface area (Å²) in [6.07, 6.45) is 6.60. The second kappa shape index (κ2) is 5.15. The van der Waals surface area contributed by atoms with Gasteiger partial charge >= 0.3 is 0 Å². The molecule has 0 aromatic heterocycles. The van der Waals surface area contributed by atoms with Gasteiger partial charge in [-0.3, -0.25) is 4.79 Å². The molecule has 2 saturated heterocycles. The first-order valence-corrected chi connectivity index (χ1v) is 6.50. The molecule has 1 atom stereocenters. The van der Waals surface area contributed by atoms with Crippen molar-refractivity contribution >= 4 is 5.91 Å². The highest BCUT2D eigenvalue weighted by Crippen LogP contribution is 2.35.